The molecule has 0 bridgehead atoms. The smallest absolute Gasteiger partial charge is 0.346 e. The molecule has 2 heterocycles. The summed E-state index contributed by atoms with van der Waals surface area (Å²) in [4.78, 5) is 15.4. The van der Waals surface area contributed by atoms with Crippen LogP contribution in [-0.2, 0) is 15.6 Å². The number of ether oxygens (including phenoxy) is 2. The van der Waals surface area contributed by atoms with Gasteiger partial charge >= 0.3 is 5.97 Å². The van der Waals surface area contributed by atoms with Crippen molar-refractivity contribution >= 4 is 40.4 Å². The van der Waals surface area contributed by atoms with Crippen molar-refractivity contribution in [1.29, 1.82) is 5.26 Å². The van der Waals surface area contributed by atoms with Crippen molar-refractivity contribution < 1.29 is 19.4 Å². The third-order valence-corrected chi connectivity index (χ3v) is 12.2. The van der Waals surface area contributed by atoms with Crippen LogP contribution < -0.4 is 14.4 Å². The minimum atomic E-state index is -1.28. The number of carbonyl (C=O) groups is 1. The Kier molecular flexibility index (Phi) is 7.41. The molecule has 1 N–H and O–H groups in total. The van der Waals surface area contributed by atoms with Crippen LogP contribution in [0.3, 0.4) is 0 Å². The number of fused-ring (bicyclic) bond motifs is 7. The summed E-state index contributed by atoms with van der Waals surface area (Å²) in [6.45, 7) is 9.96. The average molecular weight is 713 g/mol. The van der Waals surface area contributed by atoms with Gasteiger partial charge in [-0.2, -0.15) is 5.26 Å². The molecule has 5 aromatic carbocycles. The number of hydrogen-bond donors (Lipinski definition) is 1. The van der Waals surface area contributed by atoms with Crippen molar-refractivity contribution in [2.24, 2.45) is 0 Å². The molecule has 1 aromatic heterocycles. The second-order valence-corrected chi connectivity index (χ2v) is 15.9. The van der Waals surface area contributed by atoms with Gasteiger partial charge in [-0.3, -0.25) is 0 Å². The number of nitriles is 1. The predicted molar refractivity (Wildman–Crippen MR) is 212 cm³/mol. The lowest BCUT2D eigenvalue weighted by atomic mass is 9.82. The molecule has 0 radical (unpaired) electrons. The van der Waals surface area contributed by atoms with Crippen molar-refractivity contribution in [2.75, 3.05) is 18.1 Å². The van der Waals surface area contributed by atoms with E-state index in [4.69, 9.17) is 9.47 Å². The van der Waals surface area contributed by atoms with E-state index in [9.17, 15) is 15.2 Å². The largest absolute Gasteiger partial charge is 0.485 e. The van der Waals surface area contributed by atoms with Crippen LogP contribution in [0.2, 0.25) is 0 Å². The first-order valence-corrected chi connectivity index (χ1v) is 18.6. The Labute approximate surface area is 312 Å². The van der Waals surface area contributed by atoms with Crippen LogP contribution in [0, 0.1) is 11.3 Å². The van der Waals surface area contributed by atoms with Crippen molar-refractivity contribution in [2.45, 2.75) is 38.5 Å². The normalized spacial score (nSPS) is 15.5. The lowest BCUT2D eigenvalue weighted by Gasteiger charge is -2.30. The fourth-order valence-corrected chi connectivity index (χ4v) is 9.54. The molecule has 0 saturated heterocycles. The van der Waals surface area contributed by atoms with E-state index in [0.29, 0.717) is 29.6 Å². The van der Waals surface area contributed by atoms with Crippen LogP contribution in [-0.4, -0.2) is 24.3 Å². The van der Waals surface area contributed by atoms with Gasteiger partial charge in [0.25, 0.3) is 0 Å². The maximum absolute atomic E-state index is 11.7. The quantitative estimate of drug-likeness (QED) is 0.137. The molecule has 0 spiro atoms. The van der Waals surface area contributed by atoms with Gasteiger partial charge in [-0.05, 0) is 92.5 Å². The third-order valence-electron chi connectivity index (χ3n) is 11.1. The molecule has 7 heteroatoms. The van der Waals surface area contributed by atoms with Crippen LogP contribution in [0.25, 0.3) is 38.8 Å². The van der Waals surface area contributed by atoms with Gasteiger partial charge in [0.2, 0.25) is 0 Å². The zero-order valence-electron chi connectivity index (χ0n) is 29.9. The number of carboxylic acid groups (broad SMARTS) is 1. The second kappa shape index (κ2) is 12.0. The topological polar surface area (TPSA) is 82.8 Å². The highest BCUT2D eigenvalue weighted by molar-refractivity contribution is 7.17. The predicted octanol–water partition coefficient (Wildman–Crippen LogP) is 11.3. The summed E-state index contributed by atoms with van der Waals surface area (Å²) in [7, 11) is 0. The van der Waals surface area contributed by atoms with Gasteiger partial charge < -0.3 is 19.5 Å². The maximum atomic E-state index is 11.7. The van der Waals surface area contributed by atoms with E-state index in [1.54, 1.807) is 6.07 Å². The highest BCUT2D eigenvalue weighted by Gasteiger charge is 2.38. The first-order chi connectivity index (χ1) is 25.6. The molecule has 0 fully saturated rings. The number of nitrogens with zero attached hydrogens (tertiary/aromatic N) is 2. The highest BCUT2D eigenvalue weighted by atomic mass is 32.1. The van der Waals surface area contributed by atoms with Gasteiger partial charge in [0, 0.05) is 27.9 Å². The number of rotatable bonds is 6. The number of aliphatic carboxylic acids is 1. The number of anilines is 3. The molecule has 1 aliphatic heterocycles. The Morgan fingerprint density at radius 2 is 1.19 bits per heavy atom. The summed E-state index contributed by atoms with van der Waals surface area (Å²) in [6, 6.07) is 41.3. The molecule has 6 nitrogen and oxygen atoms in total. The summed E-state index contributed by atoms with van der Waals surface area (Å²) in [5.41, 5.74) is 13.8. The van der Waals surface area contributed by atoms with Crippen LogP contribution in [0.4, 0.5) is 17.1 Å². The van der Waals surface area contributed by atoms with Gasteiger partial charge in [-0.15, -0.1) is 11.3 Å². The molecular weight excluding hydrogens is 677 g/mol. The minimum Gasteiger partial charge on any atom is -0.485 e. The van der Waals surface area contributed by atoms with E-state index >= 15 is 0 Å². The second-order valence-electron chi connectivity index (χ2n) is 14.8. The fourth-order valence-electron chi connectivity index (χ4n) is 8.40. The summed E-state index contributed by atoms with van der Waals surface area (Å²) >= 11 is 1.36. The van der Waals surface area contributed by atoms with Crippen LogP contribution >= 0.6 is 11.3 Å². The van der Waals surface area contributed by atoms with Crippen LogP contribution in [0.1, 0.15) is 54.8 Å². The van der Waals surface area contributed by atoms with E-state index in [0.717, 1.165) is 27.5 Å². The molecular formula is C46H36N2O4S. The Balaban J connectivity index is 1.18. The monoisotopic (exact) mass is 712 g/mol. The lowest BCUT2D eigenvalue weighted by molar-refractivity contribution is -0.132. The SMILES string of the molecule is CC1(C)c2ccccc2-c2ccc(N(c3ccc(-c4sc(C=C(C#N)C(=O)O)c5c4OCCO5)cc3)c3ccc4c(c3)C(C)(C)c3ccccc3-4)cc21. The van der Waals surface area contributed by atoms with Crippen molar-refractivity contribution in [3.63, 3.8) is 0 Å². The van der Waals surface area contributed by atoms with Crippen molar-refractivity contribution in [3.05, 3.63) is 142 Å². The van der Waals surface area contributed by atoms with E-state index in [-0.39, 0.29) is 16.4 Å². The summed E-state index contributed by atoms with van der Waals surface area (Å²) in [5.74, 6) is -0.241. The Hall–Kier alpha value is -6.10. The highest BCUT2D eigenvalue weighted by Crippen LogP contribution is 2.54. The van der Waals surface area contributed by atoms with Crippen LogP contribution in [0.15, 0.2) is 115 Å². The molecule has 0 saturated carbocycles. The van der Waals surface area contributed by atoms with Gasteiger partial charge in [0.05, 0.1) is 9.75 Å². The minimum absolute atomic E-state index is 0.155. The summed E-state index contributed by atoms with van der Waals surface area (Å²) in [5, 5.41) is 19.0. The zero-order valence-corrected chi connectivity index (χ0v) is 30.7. The molecule has 6 aromatic rings. The van der Waals surface area contributed by atoms with Crippen molar-refractivity contribution in [1.82, 2.24) is 0 Å². The number of thiophene rings is 1. The number of hydrogen-bond acceptors (Lipinski definition) is 6. The summed E-state index contributed by atoms with van der Waals surface area (Å²) in [6.07, 6.45) is 1.36. The molecule has 0 unspecified atom stereocenters. The van der Waals surface area contributed by atoms with E-state index < -0.39 is 5.97 Å². The number of carboxylic acids is 1. The third kappa shape index (κ3) is 5.01. The standard InChI is InChI=1S/C46H36N2O4S/c1-45(2)36-11-7-5-9-32(36)34-19-17-30(24-38(34)45)48(31-18-20-35-33-10-6-8-12-37(33)46(3,4)39(35)25-31)29-15-13-27(14-16-29)43-42-41(51-21-22-52-42)40(53-43)23-28(26-47)44(49)50/h5-20,23-25H,21-22H2,1-4H3,(H,49,50). The molecule has 9 rings (SSSR count). The molecule has 3 aliphatic rings. The zero-order chi connectivity index (χ0) is 36.6. The first-order valence-electron chi connectivity index (χ1n) is 17.7. The Bertz CT molecular complexity index is 2460. The maximum Gasteiger partial charge on any atom is 0.346 e. The first kappa shape index (κ1) is 32.8. The molecule has 260 valence electrons. The van der Waals surface area contributed by atoms with Gasteiger partial charge in [-0.1, -0.05) is 100 Å². The van der Waals surface area contributed by atoms with Crippen molar-refractivity contribution in [3.8, 4) is 50.3 Å². The fraction of sp³-hybridized carbons (Fsp3) is 0.174. The van der Waals surface area contributed by atoms with Crippen LogP contribution in [0.5, 0.6) is 11.5 Å². The van der Waals surface area contributed by atoms with Gasteiger partial charge in [0.15, 0.2) is 11.5 Å². The Morgan fingerprint density at radius 3 is 1.72 bits per heavy atom. The van der Waals surface area contributed by atoms with E-state index in [1.165, 1.54) is 61.9 Å². The van der Waals surface area contributed by atoms with E-state index in [2.05, 4.69) is 142 Å². The Morgan fingerprint density at radius 1 is 0.698 bits per heavy atom. The lowest BCUT2D eigenvalue weighted by Crippen LogP contribution is -2.18. The molecule has 2 aliphatic carbocycles. The molecule has 0 amide bonds. The van der Waals surface area contributed by atoms with Gasteiger partial charge in [0.1, 0.15) is 24.9 Å². The number of benzene rings is 5. The average Bonchev–Trinajstić information content (AvgIpc) is 3.74. The van der Waals surface area contributed by atoms with Gasteiger partial charge in [-0.25, -0.2) is 4.79 Å². The summed E-state index contributed by atoms with van der Waals surface area (Å²) < 4.78 is 12.0. The van der Waals surface area contributed by atoms with E-state index in [1.807, 2.05) is 0 Å². The molecule has 53 heavy (non-hydrogen) atoms. The molecule has 0 atom stereocenters.